The summed E-state index contributed by atoms with van der Waals surface area (Å²) in [6, 6.07) is 0. The summed E-state index contributed by atoms with van der Waals surface area (Å²) in [6.45, 7) is 4.31. The Hall–Kier alpha value is 0.0644. The molecule has 0 amide bonds. The van der Waals surface area contributed by atoms with Crippen molar-refractivity contribution >= 4 is 0 Å². The average molecular weight is 145 g/mol. The van der Waals surface area contributed by atoms with Crippen LogP contribution < -0.4 is 0 Å². The normalized spacial score (nSPS) is 24.8. The van der Waals surface area contributed by atoms with Crippen LogP contribution in [0.15, 0.2) is 23.8 Å². The molecule has 1 unspecified atom stereocenters. The molecule has 0 aromatic rings. The van der Waals surface area contributed by atoms with Crippen molar-refractivity contribution in [2.45, 2.75) is 13.8 Å². The monoisotopic (exact) mass is 145 g/mol. The van der Waals surface area contributed by atoms with Crippen LogP contribution in [0.1, 0.15) is 13.8 Å². The Labute approximate surface area is 62.6 Å². The predicted molar refractivity (Wildman–Crippen MR) is 32.1 cm³/mol. The third-order valence-electron chi connectivity index (χ3n) is 1.19. The molecule has 8 heavy (non-hydrogen) atoms. The minimum atomic E-state index is 0. The summed E-state index contributed by atoms with van der Waals surface area (Å²) < 4.78 is 0. The minimum absolute atomic E-state index is 0. The third-order valence-corrected chi connectivity index (χ3v) is 1.19. The Bertz CT molecular complexity index is 122. The van der Waals surface area contributed by atoms with Gasteiger partial charge < -0.3 is 0 Å². The van der Waals surface area contributed by atoms with Gasteiger partial charge in [0.15, 0.2) is 0 Å². The van der Waals surface area contributed by atoms with Crippen molar-refractivity contribution in [2.75, 3.05) is 0 Å². The first kappa shape index (κ1) is 8.06. The van der Waals surface area contributed by atoms with Crippen LogP contribution in [-0.4, -0.2) is 0 Å². The third kappa shape index (κ3) is 1.89. The number of allylic oxidation sites excluding steroid dienone is 4. The Morgan fingerprint density at radius 3 is 2.25 bits per heavy atom. The van der Waals surface area contributed by atoms with Crippen LogP contribution in [-0.2, 0) is 18.6 Å². The van der Waals surface area contributed by atoms with E-state index < -0.39 is 0 Å². The van der Waals surface area contributed by atoms with Gasteiger partial charge in [-0.1, -0.05) is 30.7 Å². The molecule has 1 aliphatic carbocycles. The van der Waals surface area contributed by atoms with Crippen molar-refractivity contribution in [1.82, 2.24) is 0 Å². The average Bonchev–Trinajstić information content (AvgIpc) is 1.87. The second kappa shape index (κ2) is 3.16. The summed E-state index contributed by atoms with van der Waals surface area (Å²) in [5, 5.41) is 0. The maximum atomic E-state index is 2.25. The van der Waals surface area contributed by atoms with Gasteiger partial charge in [-0.05, 0) is 12.8 Å². The zero-order valence-electron chi connectivity index (χ0n) is 5.26. The van der Waals surface area contributed by atoms with E-state index in [-0.39, 0.29) is 18.6 Å². The van der Waals surface area contributed by atoms with Crippen LogP contribution >= 0.6 is 0 Å². The molecule has 1 heteroatoms. The van der Waals surface area contributed by atoms with Crippen molar-refractivity contribution in [3.63, 3.8) is 0 Å². The first-order valence-corrected chi connectivity index (χ1v) is 2.65. The van der Waals surface area contributed by atoms with E-state index in [4.69, 9.17) is 0 Å². The van der Waals surface area contributed by atoms with Gasteiger partial charge in [0, 0.05) is 18.6 Å². The van der Waals surface area contributed by atoms with Crippen LogP contribution in [0.4, 0.5) is 0 Å². The van der Waals surface area contributed by atoms with Crippen molar-refractivity contribution in [3.05, 3.63) is 23.8 Å². The van der Waals surface area contributed by atoms with Crippen LogP contribution in [0, 0.1) is 5.92 Å². The van der Waals surface area contributed by atoms with Gasteiger partial charge in [-0.2, -0.15) is 0 Å². The molecular formula is C7H10V. The van der Waals surface area contributed by atoms with Gasteiger partial charge in [-0.3, -0.25) is 0 Å². The van der Waals surface area contributed by atoms with Crippen molar-refractivity contribution in [2.24, 2.45) is 5.92 Å². The van der Waals surface area contributed by atoms with E-state index in [1.807, 2.05) is 0 Å². The van der Waals surface area contributed by atoms with E-state index >= 15 is 0 Å². The van der Waals surface area contributed by atoms with Crippen LogP contribution in [0.25, 0.3) is 0 Å². The van der Waals surface area contributed by atoms with Gasteiger partial charge in [0.1, 0.15) is 0 Å². The minimum Gasteiger partial charge on any atom is -0.0776 e. The summed E-state index contributed by atoms with van der Waals surface area (Å²) >= 11 is 0. The maximum Gasteiger partial charge on any atom is 0 e. The largest absolute Gasteiger partial charge is 0.0776 e. The van der Waals surface area contributed by atoms with Gasteiger partial charge in [0.2, 0.25) is 0 Å². The molecule has 0 N–H and O–H groups in total. The Kier molecular flexibility index (Phi) is 3.19. The molecule has 1 radical (unpaired) electrons. The molecule has 0 heterocycles. The van der Waals surface area contributed by atoms with Gasteiger partial charge in [-0.25, -0.2) is 0 Å². The first-order valence-electron chi connectivity index (χ1n) is 2.65. The molecule has 0 aromatic carbocycles. The van der Waals surface area contributed by atoms with Crippen LogP contribution in [0.5, 0.6) is 0 Å². The van der Waals surface area contributed by atoms with E-state index in [0.717, 1.165) is 0 Å². The second-order valence-corrected chi connectivity index (χ2v) is 2.13. The molecule has 0 spiro atoms. The van der Waals surface area contributed by atoms with Crippen molar-refractivity contribution in [3.8, 4) is 0 Å². The Balaban J connectivity index is 0.000000490. The molecule has 43 valence electrons. The van der Waals surface area contributed by atoms with Crippen LogP contribution in [0.2, 0.25) is 0 Å². The summed E-state index contributed by atoms with van der Waals surface area (Å²) in [5.41, 5.74) is 1.40. The smallest absolute Gasteiger partial charge is 0 e. The number of rotatable bonds is 0. The second-order valence-electron chi connectivity index (χ2n) is 2.13. The molecule has 1 rings (SSSR count). The molecule has 0 aliphatic heterocycles. The van der Waals surface area contributed by atoms with E-state index in [1.165, 1.54) is 5.57 Å². The molecule has 1 aliphatic rings. The van der Waals surface area contributed by atoms with E-state index in [9.17, 15) is 0 Å². The van der Waals surface area contributed by atoms with Gasteiger partial charge >= 0.3 is 0 Å². The summed E-state index contributed by atoms with van der Waals surface area (Å²) in [6.07, 6.45) is 6.61. The molecule has 0 saturated heterocycles. The SMILES string of the molecule is CC1=CC(C)C=C1.[V]. The fourth-order valence-electron chi connectivity index (χ4n) is 0.829. The molecule has 0 fully saturated rings. The summed E-state index contributed by atoms with van der Waals surface area (Å²) in [7, 11) is 0. The molecule has 0 nitrogen and oxygen atoms in total. The molecule has 0 aromatic heterocycles. The Morgan fingerprint density at radius 2 is 2.12 bits per heavy atom. The van der Waals surface area contributed by atoms with Crippen LogP contribution in [0.3, 0.4) is 0 Å². The molecular weight excluding hydrogens is 135 g/mol. The fourth-order valence-corrected chi connectivity index (χ4v) is 0.829. The standard InChI is InChI=1S/C7H10.V/c1-6-3-4-7(2)5-6;/h3-6H,1-2H3;. The van der Waals surface area contributed by atoms with Gasteiger partial charge in [-0.15, -0.1) is 0 Å². The Morgan fingerprint density at radius 1 is 1.50 bits per heavy atom. The zero-order chi connectivity index (χ0) is 5.28. The molecule has 1 atom stereocenters. The van der Waals surface area contributed by atoms with Gasteiger partial charge in [0.05, 0.1) is 0 Å². The molecule has 0 bridgehead atoms. The number of hydrogen-bond donors (Lipinski definition) is 0. The quantitative estimate of drug-likeness (QED) is 0.489. The molecule has 0 saturated carbocycles. The first-order chi connectivity index (χ1) is 3.29. The summed E-state index contributed by atoms with van der Waals surface area (Å²) in [4.78, 5) is 0. The summed E-state index contributed by atoms with van der Waals surface area (Å²) in [5.74, 6) is 0.681. The predicted octanol–water partition coefficient (Wildman–Crippen LogP) is 2.14. The fraction of sp³-hybridized carbons (Fsp3) is 0.429. The van der Waals surface area contributed by atoms with E-state index in [1.54, 1.807) is 0 Å². The van der Waals surface area contributed by atoms with Crippen molar-refractivity contribution < 1.29 is 18.6 Å². The van der Waals surface area contributed by atoms with E-state index in [2.05, 4.69) is 32.1 Å². The topological polar surface area (TPSA) is 0 Å². The maximum absolute atomic E-state index is 2.25. The number of hydrogen-bond acceptors (Lipinski definition) is 0. The van der Waals surface area contributed by atoms with Crippen molar-refractivity contribution in [1.29, 1.82) is 0 Å². The van der Waals surface area contributed by atoms with Gasteiger partial charge in [0.25, 0.3) is 0 Å². The van der Waals surface area contributed by atoms with E-state index in [0.29, 0.717) is 5.92 Å². The zero-order valence-corrected chi connectivity index (χ0v) is 6.65.